The average molecular weight is 276 g/mol. The Labute approximate surface area is 118 Å². The Kier molecular flexibility index (Phi) is 3.89. The zero-order valence-electron chi connectivity index (χ0n) is 11.7. The van der Waals surface area contributed by atoms with E-state index in [9.17, 15) is 5.11 Å². The van der Waals surface area contributed by atoms with Crippen molar-refractivity contribution in [3.63, 3.8) is 0 Å². The Morgan fingerprint density at radius 3 is 3.15 bits per heavy atom. The van der Waals surface area contributed by atoms with Crippen molar-refractivity contribution < 1.29 is 14.4 Å². The third kappa shape index (κ3) is 2.51. The molecule has 2 aromatic rings. The van der Waals surface area contributed by atoms with Crippen LogP contribution < -0.4 is 4.74 Å². The van der Waals surface area contributed by atoms with Gasteiger partial charge in [0.2, 0.25) is 0 Å². The van der Waals surface area contributed by atoms with E-state index in [1.165, 1.54) is 12.8 Å². The fraction of sp³-hybridized carbons (Fsp3) is 0.533. The van der Waals surface area contributed by atoms with Gasteiger partial charge in [-0.25, -0.2) is 0 Å². The predicted octanol–water partition coefficient (Wildman–Crippen LogP) is 2.18. The molecular weight excluding hydrogens is 256 g/mol. The summed E-state index contributed by atoms with van der Waals surface area (Å²) in [6, 6.07) is 5.94. The van der Waals surface area contributed by atoms with Gasteiger partial charge in [0.1, 0.15) is 11.4 Å². The molecule has 5 nitrogen and oxygen atoms in total. The molecule has 3 rings (SSSR count). The van der Waals surface area contributed by atoms with Gasteiger partial charge >= 0.3 is 0 Å². The van der Waals surface area contributed by atoms with Crippen LogP contribution in [0.1, 0.15) is 25.0 Å². The molecule has 1 aromatic carbocycles. The third-order valence-corrected chi connectivity index (χ3v) is 4.06. The van der Waals surface area contributed by atoms with Crippen LogP contribution in [0.3, 0.4) is 0 Å². The van der Waals surface area contributed by atoms with Gasteiger partial charge in [-0.3, -0.25) is 4.90 Å². The molecular formula is C15H20N2O3. The second-order valence-electron chi connectivity index (χ2n) is 5.29. The van der Waals surface area contributed by atoms with Crippen molar-refractivity contribution in [1.82, 2.24) is 10.1 Å². The topological polar surface area (TPSA) is 58.7 Å². The molecule has 0 amide bonds. The van der Waals surface area contributed by atoms with Gasteiger partial charge in [-0.15, -0.1) is 0 Å². The second-order valence-corrected chi connectivity index (χ2v) is 5.29. The number of benzene rings is 1. The SMILES string of the molecule is COc1ccc2onc(CN3CCCCC3CO)c2c1. The summed E-state index contributed by atoms with van der Waals surface area (Å²) in [5.74, 6) is 0.805. The fourth-order valence-corrected chi connectivity index (χ4v) is 2.88. The van der Waals surface area contributed by atoms with E-state index >= 15 is 0 Å². The van der Waals surface area contributed by atoms with E-state index in [0.29, 0.717) is 6.54 Å². The van der Waals surface area contributed by atoms with E-state index in [1.54, 1.807) is 7.11 Å². The Hall–Kier alpha value is -1.59. The van der Waals surface area contributed by atoms with Crippen LogP contribution in [0.4, 0.5) is 0 Å². The average Bonchev–Trinajstić information content (AvgIpc) is 2.90. The molecule has 0 aliphatic carbocycles. The Balaban J connectivity index is 1.86. The van der Waals surface area contributed by atoms with Gasteiger partial charge in [-0.2, -0.15) is 0 Å². The molecule has 20 heavy (non-hydrogen) atoms. The largest absolute Gasteiger partial charge is 0.497 e. The molecule has 1 fully saturated rings. The van der Waals surface area contributed by atoms with Crippen LogP contribution in [0.2, 0.25) is 0 Å². The lowest BCUT2D eigenvalue weighted by molar-refractivity contribution is 0.0825. The van der Waals surface area contributed by atoms with Gasteiger partial charge in [0.25, 0.3) is 0 Å². The van der Waals surface area contributed by atoms with Crippen molar-refractivity contribution >= 4 is 11.0 Å². The molecule has 1 saturated heterocycles. The van der Waals surface area contributed by atoms with Crippen LogP contribution in [-0.2, 0) is 6.54 Å². The van der Waals surface area contributed by atoms with E-state index in [0.717, 1.165) is 35.4 Å². The lowest BCUT2D eigenvalue weighted by Crippen LogP contribution is -2.41. The highest BCUT2D eigenvalue weighted by atomic mass is 16.5. The number of nitrogens with zero attached hydrogens (tertiary/aromatic N) is 2. The number of hydrogen-bond acceptors (Lipinski definition) is 5. The molecule has 2 heterocycles. The zero-order valence-corrected chi connectivity index (χ0v) is 11.7. The molecule has 1 atom stereocenters. The standard InChI is InChI=1S/C15H20N2O3/c1-19-12-5-6-15-13(8-12)14(16-20-15)9-17-7-3-2-4-11(17)10-18/h5-6,8,11,18H,2-4,7,9-10H2,1H3. The molecule has 1 aliphatic rings. The number of ether oxygens (including phenoxy) is 1. The summed E-state index contributed by atoms with van der Waals surface area (Å²) in [4.78, 5) is 2.29. The lowest BCUT2D eigenvalue weighted by atomic mass is 10.0. The summed E-state index contributed by atoms with van der Waals surface area (Å²) in [7, 11) is 1.65. The first-order valence-corrected chi connectivity index (χ1v) is 7.09. The van der Waals surface area contributed by atoms with Crippen LogP contribution >= 0.6 is 0 Å². The molecule has 108 valence electrons. The van der Waals surface area contributed by atoms with Crippen LogP contribution in [0.5, 0.6) is 5.75 Å². The number of aromatic nitrogens is 1. The summed E-state index contributed by atoms with van der Waals surface area (Å²) >= 11 is 0. The van der Waals surface area contributed by atoms with Crippen LogP contribution in [0.15, 0.2) is 22.7 Å². The number of rotatable bonds is 4. The van der Waals surface area contributed by atoms with Crippen molar-refractivity contribution in [3.8, 4) is 5.75 Å². The number of likely N-dealkylation sites (tertiary alicyclic amines) is 1. The maximum Gasteiger partial charge on any atom is 0.167 e. The van der Waals surface area contributed by atoms with Crippen molar-refractivity contribution in [2.75, 3.05) is 20.3 Å². The molecule has 5 heteroatoms. The molecule has 0 bridgehead atoms. The van der Waals surface area contributed by atoms with Gasteiger partial charge in [-0.1, -0.05) is 11.6 Å². The summed E-state index contributed by atoms with van der Waals surface area (Å²) in [6.45, 7) is 1.92. The summed E-state index contributed by atoms with van der Waals surface area (Å²) in [6.07, 6.45) is 3.42. The first-order chi connectivity index (χ1) is 9.81. The minimum Gasteiger partial charge on any atom is -0.497 e. The van der Waals surface area contributed by atoms with Crippen molar-refractivity contribution in [2.24, 2.45) is 0 Å². The highest BCUT2D eigenvalue weighted by molar-refractivity contribution is 5.80. The highest BCUT2D eigenvalue weighted by Gasteiger charge is 2.23. The molecule has 0 saturated carbocycles. The van der Waals surface area contributed by atoms with Crippen LogP contribution in [0.25, 0.3) is 11.0 Å². The number of piperidine rings is 1. The first kappa shape index (κ1) is 13.4. The quantitative estimate of drug-likeness (QED) is 0.927. The normalized spacial score (nSPS) is 20.4. The maximum absolute atomic E-state index is 9.48. The zero-order chi connectivity index (χ0) is 13.9. The van der Waals surface area contributed by atoms with E-state index in [-0.39, 0.29) is 12.6 Å². The molecule has 1 unspecified atom stereocenters. The second kappa shape index (κ2) is 5.81. The van der Waals surface area contributed by atoms with Gasteiger partial charge in [0.15, 0.2) is 5.58 Å². The summed E-state index contributed by atoms with van der Waals surface area (Å²) in [5.41, 5.74) is 1.69. The third-order valence-electron chi connectivity index (χ3n) is 4.06. The first-order valence-electron chi connectivity index (χ1n) is 7.09. The van der Waals surface area contributed by atoms with E-state index < -0.39 is 0 Å². The molecule has 1 aliphatic heterocycles. The molecule has 0 spiro atoms. The number of methoxy groups -OCH3 is 1. The van der Waals surface area contributed by atoms with Crippen LogP contribution in [-0.4, -0.2) is 41.5 Å². The summed E-state index contributed by atoms with van der Waals surface area (Å²) in [5, 5.41) is 14.7. The number of hydrogen-bond donors (Lipinski definition) is 1. The monoisotopic (exact) mass is 276 g/mol. The predicted molar refractivity (Wildman–Crippen MR) is 75.7 cm³/mol. The van der Waals surface area contributed by atoms with Crippen molar-refractivity contribution in [2.45, 2.75) is 31.8 Å². The highest BCUT2D eigenvalue weighted by Crippen LogP contribution is 2.26. The Morgan fingerprint density at radius 1 is 1.45 bits per heavy atom. The van der Waals surface area contributed by atoms with Gasteiger partial charge < -0.3 is 14.4 Å². The number of aliphatic hydroxyl groups is 1. The lowest BCUT2D eigenvalue weighted by Gasteiger charge is -2.33. The Morgan fingerprint density at radius 2 is 2.35 bits per heavy atom. The van der Waals surface area contributed by atoms with E-state index in [1.807, 2.05) is 18.2 Å². The fourth-order valence-electron chi connectivity index (χ4n) is 2.88. The van der Waals surface area contributed by atoms with Gasteiger partial charge in [-0.05, 0) is 37.6 Å². The minimum absolute atomic E-state index is 0.207. The Bertz CT molecular complexity index is 582. The molecule has 0 radical (unpaired) electrons. The minimum atomic E-state index is 0.207. The number of fused-ring (bicyclic) bond motifs is 1. The van der Waals surface area contributed by atoms with Crippen molar-refractivity contribution in [3.05, 3.63) is 23.9 Å². The molecule has 1 N–H and O–H groups in total. The van der Waals surface area contributed by atoms with Crippen molar-refractivity contribution in [1.29, 1.82) is 0 Å². The van der Waals surface area contributed by atoms with Crippen LogP contribution in [0, 0.1) is 0 Å². The maximum atomic E-state index is 9.48. The molecule has 1 aromatic heterocycles. The van der Waals surface area contributed by atoms with Gasteiger partial charge in [0.05, 0.1) is 13.7 Å². The number of aliphatic hydroxyl groups excluding tert-OH is 1. The van der Waals surface area contributed by atoms with Gasteiger partial charge in [0, 0.05) is 18.0 Å². The smallest absolute Gasteiger partial charge is 0.167 e. The van der Waals surface area contributed by atoms with E-state index in [4.69, 9.17) is 9.26 Å². The summed E-state index contributed by atoms with van der Waals surface area (Å²) < 4.78 is 10.6. The van der Waals surface area contributed by atoms with E-state index in [2.05, 4.69) is 10.1 Å².